The van der Waals surface area contributed by atoms with E-state index in [9.17, 15) is 16.8 Å². The number of primary sulfonamides is 1. The molecule has 20 heavy (non-hydrogen) atoms. The molecule has 0 bridgehead atoms. The molecule has 114 valence electrons. The molecule has 0 heterocycles. The van der Waals surface area contributed by atoms with Gasteiger partial charge in [-0.2, -0.15) is 0 Å². The fourth-order valence-corrected chi connectivity index (χ4v) is 3.67. The highest BCUT2D eigenvalue weighted by Crippen LogP contribution is 2.22. The van der Waals surface area contributed by atoms with Crippen LogP contribution in [0.3, 0.4) is 0 Å². The number of hydrogen-bond donors (Lipinski definition) is 3. The minimum absolute atomic E-state index is 0.00789. The van der Waals surface area contributed by atoms with Crippen molar-refractivity contribution in [3.05, 3.63) is 23.3 Å². The van der Waals surface area contributed by atoms with Crippen molar-refractivity contribution in [3.8, 4) is 0 Å². The maximum atomic E-state index is 12.1. The fraction of sp³-hybridized carbons (Fsp3) is 0.455. The molecule has 0 aliphatic carbocycles. The molecular weight excluding hydrogens is 302 g/mol. The molecule has 0 saturated carbocycles. The Kier molecular flexibility index (Phi) is 5.14. The lowest BCUT2D eigenvalue weighted by molar-refractivity contribution is 0.576. The van der Waals surface area contributed by atoms with E-state index in [0.717, 1.165) is 5.56 Å². The van der Waals surface area contributed by atoms with Crippen molar-refractivity contribution in [3.63, 3.8) is 0 Å². The zero-order valence-corrected chi connectivity index (χ0v) is 13.0. The fourth-order valence-electron chi connectivity index (χ4n) is 1.69. The molecule has 0 atom stereocenters. The average Bonchev–Trinajstić information content (AvgIpc) is 2.28. The Morgan fingerprint density at radius 1 is 1.15 bits per heavy atom. The molecule has 0 amide bonds. The molecule has 7 nitrogen and oxygen atoms in total. The number of nitrogens with two attached hydrogens (primary N) is 2. The largest absolute Gasteiger partial charge is 0.398 e. The van der Waals surface area contributed by atoms with Crippen LogP contribution in [0.4, 0.5) is 5.69 Å². The molecular formula is C11H19N3O4S2. The Morgan fingerprint density at radius 3 is 2.30 bits per heavy atom. The van der Waals surface area contributed by atoms with Gasteiger partial charge in [-0.1, -0.05) is 0 Å². The summed E-state index contributed by atoms with van der Waals surface area (Å²) in [6.07, 6.45) is 0.110. The molecule has 1 aromatic carbocycles. The molecule has 0 spiro atoms. The molecule has 5 N–H and O–H groups in total. The molecule has 0 unspecified atom stereocenters. The highest BCUT2D eigenvalue weighted by atomic mass is 32.2. The van der Waals surface area contributed by atoms with Crippen molar-refractivity contribution < 1.29 is 16.8 Å². The van der Waals surface area contributed by atoms with Crippen LogP contribution in [0.5, 0.6) is 0 Å². The lowest BCUT2D eigenvalue weighted by Crippen LogP contribution is -2.28. The van der Waals surface area contributed by atoms with Gasteiger partial charge in [0.05, 0.1) is 10.6 Å². The summed E-state index contributed by atoms with van der Waals surface area (Å²) in [6.45, 7) is 3.36. The van der Waals surface area contributed by atoms with Gasteiger partial charge in [-0.05, 0) is 43.5 Å². The molecule has 1 rings (SSSR count). The number of aryl methyl sites for hydroxylation is 1. The Labute approximate surface area is 119 Å². The Hall–Kier alpha value is -1.16. The van der Waals surface area contributed by atoms with Crippen LogP contribution in [0.25, 0.3) is 0 Å². The number of sulfonamides is 2. The Balaban J connectivity index is 2.85. The molecule has 0 radical (unpaired) electrons. The number of benzene rings is 1. The van der Waals surface area contributed by atoms with Crippen LogP contribution in [-0.4, -0.2) is 29.1 Å². The standard InChI is InChI=1S/C11H19N3O4S2/c1-8-6-10(12)9(2)11(7-8)20(17,18)14-4-3-5-19(13,15)16/h6-7,14H,3-5,12H2,1-2H3,(H2,13,15,16). The number of rotatable bonds is 6. The minimum atomic E-state index is -3.72. The number of hydrogen-bond acceptors (Lipinski definition) is 5. The quantitative estimate of drug-likeness (QED) is 0.495. The first kappa shape index (κ1) is 16.9. The van der Waals surface area contributed by atoms with Gasteiger partial charge < -0.3 is 5.73 Å². The summed E-state index contributed by atoms with van der Waals surface area (Å²) in [4.78, 5) is 0.102. The number of nitrogens with one attached hydrogen (secondary N) is 1. The minimum Gasteiger partial charge on any atom is -0.398 e. The van der Waals surface area contributed by atoms with Crippen molar-refractivity contribution in [2.75, 3.05) is 18.0 Å². The van der Waals surface area contributed by atoms with Gasteiger partial charge in [0.25, 0.3) is 0 Å². The molecule has 0 aromatic heterocycles. The summed E-state index contributed by atoms with van der Waals surface area (Å²) in [5, 5.41) is 4.84. The van der Waals surface area contributed by atoms with Gasteiger partial charge in [-0.25, -0.2) is 26.7 Å². The summed E-state index contributed by atoms with van der Waals surface area (Å²) in [7, 11) is -7.30. The summed E-state index contributed by atoms with van der Waals surface area (Å²) in [6, 6.07) is 3.21. The normalized spacial score (nSPS) is 12.6. The molecule has 1 aromatic rings. The summed E-state index contributed by atoms with van der Waals surface area (Å²) in [5.41, 5.74) is 7.34. The molecule has 0 aliphatic heterocycles. The van der Waals surface area contributed by atoms with Crippen molar-refractivity contribution in [2.24, 2.45) is 5.14 Å². The van der Waals surface area contributed by atoms with Crippen LogP contribution < -0.4 is 15.6 Å². The number of nitrogen functional groups attached to an aromatic ring is 1. The highest BCUT2D eigenvalue weighted by molar-refractivity contribution is 7.89. The van der Waals surface area contributed by atoms with Crippen molar-refractivity contribution >= 4 is 25.7 Å². The zero-order chi connectivity index (χ0) is 15.6. The highest BCUT2D eigenvalue weighted by Gasteiger charge is 2.18. The third-order valence-electron chi connectivity index (χ3n) is 2.73. The van der Waals surface area contributed by atoms with Gasteiger partial charge in [0, 0.05) is 12.2 Å². The SMILES string of the molecule is Cc1cc(N)c(C)c(S(=O)(=O)NCCCS(N)(=O)=O)c1. The maximum Gasteiger partial charge on any atom is 0.240 e. The van der Waals surface area contributed by atoms with E-state index in [0.29, 0.717) is 11.3 Å². The lowest BCUT2D eigenvalue weighted by atomic mass is 10.1. The van der Waals surface area contributed by atoms with Gasteiger partial charge >= 0.3 is 0 Å². The van der Waals surface area contributed by atoms with Gasteiger partial charge in [0.2, 0.25) is 20.0 Å². The van der Waals surface area contributed by atoms with E-state index in [-0.39, 0.29) is 23.6 Å². The molecule has 0 aliphatic rings. The summed E-state index contributed by atoms with van der Waals surface area (Å²) >= 11 is 0. The first-order chi connectivity index (χ1) is 9.03. The van der Waals surface area contributed by atoms with E-state index < -0.39 is 20.0 Å². The van der Waals surface area contributed by atoms with E-state index in [1.54, 1.807) is 19.9 Å². The van der Waals surface area contributed by atoms with Crippen LogP contribution >= 0.6 is 0 Å². The monoisotopic (exact) mass is 321 g/mol. The van der Waals surface area contributed by atoms with E-state index in [2.05, 4.69) is 4.72 Å². The first-order valence-corrected chi connectivity index (χ1v) is 9.09. The summed E-state index contributed by atoms with van der Waals surface area (Å²) < 4.78 is 48.1. The van der Waals surface area contributed by atoms with Crippen molar-refractivity contribution in [1.82, 2.24) is 4.72 Å². The van der Waals surface area contributed by atoms with Crippen LogP contribution in [0.2, 0.25) is 0 Å². The number of anilines is 1. The second-order valence-corrected chi connectivity index (χ2v) is 8.06. The average molecular weight is 321 g/mol. The van der Waals surface area contributed by atoms with E-state index in [4.69, 9.17) is 10.9 Å². The van der Waals surface area contributed by atoms with Gasteiger partial charge in [0.1, 0.15) is 0 Å². The third-order valence-corrected chi connectivity index (χ3v) is 5.18. The van der Waals surface area contributed by atoms with Crippen LogP contribution in [0.1, 0.15) is 17.5 Å². The second kappa shape index (κ2) is 6.08. The van der Waals surface area contributed by atoms with Crippen molar-refractivity contribution in [1.29, 1.82) is 0 Å². The van der Waals surface area contributed by atoms with Crippen molar-refractivity contribution in [2.45, 2.75) is 25.2 Å². The smallest absolute Gasteiger partial charge is 0.240 e. The summed E-state index contributed by atoms with van der Waals surface area (Å²) in [5.74, 6) is -0.273. The van der Waals surface area contributed by atoms with Crippen LogP contribution in [0, 0.1) is 13.8 Å². The molecule has 0 fully saturated rings. The second-order valence-electron chi connectivity index (χ2n) is 4.60. The van der Waals surface area contributed by atoms with Gasteiger partial charge in [-0.15, -0.1) is 0 Å². The van der Waals surface area contributed by atoms with Crippen LogP contribution in [0.15, 0.2) is 17.0 Å². The first-order valence-electron chi connectivity index (χ1n) is 5.90. The Morgan fingerprint density at radius 2 is 1.75 bits per heavy atom. The van der Waals surface area contributed by atoms with Gasteiger partial charge in [0.15, 0.2) is 0 Å². The van der Waals surface area contributed by atoms with E-state index in [1.807, 2.05) is 0 Å². The topological polar surface area (TPSA) is 132 Å². The van der Waals surface area contributed by atoms with Gasteiger partial charge in [-0.3, -0.25) is 0 Å². The van der Waals surface area contributed by atoms with E-state index >= 15 is 0 Å². The maximum absolute atomic E-state index is 12.1. The molecule has 0 saturated heterocycles. The predicted molar refractivity (Wildman–Crippen MR) is 78.1 cm³/mol. The molecule has 9 heteroatoms. The van der Waals surface area contributed by atoms with E-state index in [1.165, 1.54) is 6.07 Å². The zero-order valence-electron chi connectivity index (χ0n) is 11.4. The lowest BCUT2D eigenvalue weighted by Gasteiger charge is -2.12. The Bertz CT molecular complexity index is 697. The predicted octanol–water partition coefficient (Wildman–Crippen LogP) is -0.157. The third kappa shape index (κ3) is 4.75. The van der Waals surface area contributed by atoms with Crippen LogP contribution in [-0.2, 0) is 20.0 Å².